The average Bonchev–Trinajstić information content (AvgIpc) is 2.86. The van der Waals surface area contributed by atoms with Crippen molar-refractivity contribution in [2.45, 2.75) is 32.1 Å². The van der Waals surface area contributed by atoms with Crippen molar-refractivity contribution in [3.8, 4) is 0 Å². The van der Waals surface area contributed by atoms with Gasteiger partial charge in [-0.15, -0.1) is 0 Å². The maximum Gasteiger partial charge on any atom is 0.0408 e. The number of rotatable bonds is 3. The van der Waals surface area contributed by atoms with E-state index in [0.717, 1.165) is 5.02 Å². The molecule has 3 rings (SSSR count). The minimum absolute atomic E-state index is 0.489. The minimum Gasteiger partial charge on any atom is -0.316 e. The lowest BCUT2D eigenvalue weighted by atomic mass is 9.86. The Balaban J connectivity index is 1.54. The molecular formula is C17H25ClN2. The van der Waals surface area contributed by atoms with E-state index < -0.39 is 0 Å². The van der Waals surface area contributed by atoms with Gasteiger partial charge in [-0.05, 0) is 67.9 Å². The van der Waals surface area contributed by atoms with E-state index in [4.69, 9.17) is 11.6 Å². The second-order valence-electron chi connectivity index (χ2n) is 6.84. The molecule has 0 saturated carbocycles. The fraction of sp³-hybridized carbons (Fsp3) is 0.647. The third kappa shape index (κ3) is 3.36. The van der Waals surface area contributed by atoms with Gasteiger partial charge >= 0.3 is 0 Å². The van der Waals surface area contributed by atoms with Crippen molar-refractivity contribution in [2.24, 2.45) is 5.41 Å². The molecule has 110 valence electrons. The zero-order chi connectivity index (χ0) is 14.0. The van der Waals surface area contributed by atoms with E-state index in [1.54, 1.807) is 0 Å². The van der Waals surface area contributed by atoms with Crippen LogP contribution in [0.5, 0.6) is 0 Å². The summed E-state index contributed by atoms with van der Waals surface area (Å²) in [4.78, 5) is 2.66. The molecule has 1 aromatic rings. The van der Waals surface area contributed by atoms with Gasteiger partial charge in [-0.3, -0.25) is 0 Å². The molecule has 20 heavy (non-hydrogen) atoms. The molecular weight excluding hydrogens is 268 g/mol. The molecule has 0 spiro atoms. The molecule has 0 bridgehead atoms. The van der Waals surface area contributed by atoms with E-state index in [-0.39, 0.29) is 0 Å². The number of nitrogens with one attached hydrogen (secondary N) is 1. The molecule has 1 atom stereocenters. The summed E-state index contributed by atoms with van der Waals surface area (Å²) < 4.78 is 0. The maximum absolute atomic E-state index is 6.11. The van der Waals surface area contributed by atoms with Crippen LogP contribution in [-0.4, -0.2) is 37.6 Å². The minimum atomic E-state index is 0.489. The predicted molar refractivity (Wildman–Crippen MR) is 85.5 cm³/mol. The second kappa shape index (κ2) is 6.05. The molecule has 2 saturated heterocycles. The van der Waals surface area contributed by atoms with Gasteiger partial charge in [0, 0.05) is 18.1 Å². The van der Waals surface area contributed by atoms with Gasteiger partial charge in [0.25, 0.3) is 0 Å². The smallest absolute Gasteiger partial charge is 0.0408 e. The Bertz CT molecular complexity index is 446. The number of halogens is 1. The van der Waals surface area contributed by atoms with Gasteiger partial charge in [0.05, 0.1) is 0 Å². The van der Waals surface area contributed by atoms with E-state index in [1.807, 2.05) is 6.07 Å². The lowest BCUT2D eigenvalue weighted by Gasteiger charge is -2.37. The lowest BCUT2D eigenvalue weighted by Crippen LogP contribution is -2.41. The molecule has 1 aromatic carbocycles. The van der Waals surface area contributed by atoms with Crippen LogP contribution < -0.4 is 5.32 Å². The molecule has 0 aliphatic carbocycles. The monoisotopic (exact) mass is 292 g/mol. The van der Waals surface area contributed by atoms with Crippen LogP contribution in [0.4, 0.5) is 0 Å². The molecule has 2 aliphatic rings. The zero-order valence-corrected chi connectivity index (χ0v) is 13.1. The first-order chi connectivity index (χ1) is 9.65. The Kier molecular flexibility index (Phi) is 4.34. The highest BCUT2D eigenvalue weighted by atomic mass is 35.5. The van der Waals surface area contributed by atoms with E-state index >= 15 is 0 Å². The molecule has 2 fully saturated rings. The van der Waals surface area contributed by atoms with Crippen LogP contribution in [0.3, 0.4) is 0 Å². The van der Waals surface area contributed by atoms with Gasteiger partial charge in [-0.2, -0.15) is 0 Å². The molecule has 1 N–H and O–H groups in total. The fourth-order valence-electron chi connectivity index (χ4n) is 3.73. The zero-order valence-electron chi connectivity index (χ0n) is 12.4. The summed E-state index contributed by atoms with van der Waals surface area (Å²) in [5.41, 5.74) is 1.91. The van der Waals surface area contributed by atoms with E-state index in [2.05, 4.69) is 35.3 Å². The van der Waals surface area contributed by atoms with Gasteiger partial charge in [0.2, 0.25) is 0 Å². The number of benzene rings is 1. The Morgan fingerprint density at radius 3 is 2.80 bits per heavy atom. The normalized spacial score (nSPS) is 28.9. The number of piperidine rings is 1. The van der Waals surface area contributed by atoms with Crippen LogP contribution in [0, 0.1) is 5.41 Å². The number of nitrogens with zero attached hydrogens (tertiary/aromatic N) is 1. The van der Waals surface area contributed by atoms with Crippen molar-refractivity contribution >= 4 is 11.6 Å². The van der Waals surface area contributed by atoms with Crippen molar-refractivity contribution < 1.29 is 0 Å². The number of likely N-dealkylation sites (tertiary alicyclic amines) is 1. The van der Waals surface area contributed by atoms with Crippen LogP contribution in [0.25, 0.3) is 0 Å². The molecule has 2 nitrogen and oxygen atoms in total. The number of hydrogen-bond donors (Lipinski definition) is 1. The van der Waals surface area contributed by atoms with E-state index in [9.17, 15) is 0 Å². The first kappa shape index (κ1) is 14.4. The van der Waals surface area contributed by atoms with Crippen LogP contribution in [0.15, 0.2) is 24.3 Å². The molecule has 2 aliphatic heterocycles. The second-order valence-corrected chi connectivity index (χ2v) is 7.28. The molecule has 0 aromatic heterocycles. The van der Waals surface area contributed by atoms with Crippen molar-refractivity contribution in [1.82, 2.24) is 10.2 Å². The average molecular weight is 293 g/mol. The highest BCUT2D eigenvalue weighted by molar-refractivity contribution is 6.30. The summed E-state index contributed by atoms with van der Waals surface area (Å²) in [6, 6.07) is 8.42. The highest BCUT2D eigenvalue weighted by Crippen LogP contribution is 2.32. The summed E-state index contributed by atoms with van der Waals surface area (Å²) in [5, 5.41) is 4.37. The van der Waals surface area contributed by atoms with Crippen molar-refractivity contribution in [3.05, 3.63) is 34.9 Å². The third-order valence-electron chi connectivity index (χ3n) is 4.97. The van der Waals surface area contributed by atoms with Gasteiger partial charge in [-0.25, -0.2) is 0 Å². The summed E-state index contributed by atoms with van der Waals surface area (Å²) >= 11 is 6.11. The summed E-state index contributed by atoms with van der Waals surface area (Å²) in [5.74, 6) is 0.694. The standard InChI is InChI=1S/C17H25ClN2/c1-17(7-8-19-12-17)13-20-9-5-14(6-10-20)15-3-2-4-16(18)11-15/h2-4,11,14,19H,5-10,12-13H2,1H3. The van der Waals surface area contributed by atoms with Crippen molar-refractivity contribution in [1.29, 1.82) is 0 Å². The molecule has 0 amide bonds. The summed E-state index contributed by atoms with van der Waals surface area (Å²) in [6.45, 7) is 8.51. The quantitative estimate of drug-likeness (QED) is 0.917. The molecule has 0 radical (unpaired) electrons. The van der Waals surface area contributed by atoms with Gasteiger partial charge in [0.1, 0.15) is 0 Å². The Hall–Kier alpha value is -0.570. The SMILES string of the molecule is CC1(CN2CCC(c3cccc(Cl)c3)CC2)CCNC1. The van der Waals surface area contributed by atoms with Gasteiger partial charge < -0.3 is 10.2 Å². The van der Waals surface area contributed by atoms with Gasteiger partial charge in [0.15, 0.2) is 0 Å². The van der Waals surface area contributed by atoms with Crippen LogP contribution >= 0.6 is 11.6 Å². The predicted octanol–water partition coefficient (Wildman–Crippen LogP) is 3.52. The molecule has 2 heterocycles. The summed E-state index contributed by atoms with van der Waals surface area (Å²) in [7, 11) is 0. The topological polar surface area (TPSA) is 15.3 Å². The van der Waals surface area contributed by atoms with E-state index in [1.165, 1.54) is 57.5 Å². The van der Waals surface area contributed by atoms with Crippen LogP contribution in [0.1, 0.15) is 37.7 Å². The van der Waals surface area contributed by atoms with Crippen LogP contribution in [0.2, 0.25) is 5.02 Å². The summed E-state index contributed by atoms with van der Waals surface area (Å²) in [6.07, 6.45) is 3.86. The molecule has 1 unspecified atom stereocenters. The van der Waals surface area contributed by atoms with Gasteiger partial charge in [-0.1, -0.05) is 30.7 Å². The van der Waals surface area contributed by atoms with Crippen molar-refractivity contribution in [2.75, 3.05) is 32.7 Å². The highest BCUT2D eigenvalue weighted by Gasteiger charge is 2.32. The molecule has 3 heteroatoms. The Labute approximate surface area is 127 Å². The third-order valence-corrected chi connectivity index (χ3v) is 5.21. The van der Waals surface area contributed by atoms with Crippen LogP contribution in [-0.2, 0) is 0 Å². The largest absolute Gasteiger partial charge is 0.316 e. The van der Waals surface area contributed by atoms with Crippen molar-refractivity contribution in [3.63, 3.8) is 0 Å². The Morgan fingerprint density at radius 2 is 2.15 bits per heavy atom. The Morgan fingerprint density at radius 1 is 1.35 bits per heavy atom. The van der Waals surface area contributed by atoms with E-state index in [0.29, 0.717) is 11.3 Å². The maximum atomic E-state index is 6.11. The lowest BCUT2D eigenvalue weighted by molar-refractivity contribution is 0.144. The number of hydrogen-bond acceptors (Lipinski definition) is 2. The fourth-order valence-corrected chi connectivity index (χ4v) is 3.93. The first-order valence-electron chi connectivity index (χ1n) is 7.83. The first-order valence-corrected chi connectivity index (χ1v) is 8.21.